The van der Waals surface area contributed by atoms with Gasteiger partial charge in [0.25, 0.3) is 5.91 Å². The number of rotatable bonds is 13. The minimum atomic E-state index is -1.28. The summed E-state index contributed by atoms with van der Waals surface area (Å²) in [5.74, 6) is 0.786. The molecule has 220 valence electrons. The normalized spacial score (nSPS) is 17.8. The molecule has 3 N–H and O–H groups in total. The Labute approximate surface area is 252 Å². The van der Waals surface area contributed by atoms with E-state index in [1.165, 1.54) is 0 Å². The third-order valence-electron chi connectivity index (χ3n) is 7.25. The summed E-state index contributed by atoms with van der Waals surface area (Å²) in [6.07, 6.45) is 4.20. The van der Waals surface area contributed by atoms with Gasteiger partial charge in [-0.05, 0) is 47.9 Å². The van der Waals surface area contributed by atoms with Crippen molar-refractivity contribution in [2.24, 2.45) is 4.99 Å². The number of aliphatic hydroxyl groups is 1. The zero-order valence-electron chi connectivity index (χ0n) is 24.3. The standard InChI is InChI=1S/C36H37N3O4/c1-27-11-8-14-29(25-27)26-37-39-35(41)36(22-9-15-28-12-4-2-5-13-28)33(30-16-6-3-7-17-30)43-34(38-36)31-18-20-32(21-19-31)42-24-10-23-40/h2-9,11-21,25,33,37,40H,10,22-24,26H2,1H3,(H,39,41)/b15-9+/t33-,36-/m0/s1. The summed E-state index contributed by atoms with van der Waals surface area (Å²) in [5, 5.41) is 9.04. The van der Waals surface area contributed by atoms with E-state index < -0.39 is 11.6 Å². The van der Waals surface area contributed by atoms with E-state index in [4.69, 9.17) is 19.6 Å². The summed E-state index contributed by atoms with van der Waals surface area (Å²) in [6.45, 7) is 3.01. The molecule has 7 heteroatoms. The number of aliphatic hydroxyl groups excluding tert-OH is 1. The molecule has 0 aliphatic carbocycles. The Balaban J connectivity index is 1.47. The number of hydrogen-bond acceptors (Lipinski definition) is 6. The van der Waals surface area contributed by atoms with E-state index in [0.29, 0.717) is 37.6 Å². The van der Waals surface area contributed by atoms with Crippen LogP contribution in [0.5, 0.6) is 5.75 Å². The second-order valence-electron chi connectivity index (χ2n) is 10.5. The maximum absolute atomic E-state index is 14.2. The van der Waals surface area contributed by atoms with Gasteiger partial charge in [-0.25, -0.2) is 10.4 Å². The first kappa shape index (κ1) is 29.8. The van der Waals surface area contributed by atoms with Crippen LogP contribution in [0.1, 0.15) is 46.8 Å². The summed E-state index contributed by atoms with van der Waals surface area (Å²) >= 11 is 0. The summed E-state index contributed by atoms with van der Waals surface area (Å²) in [7, 11) is 0. The Kier molecular flexibility index (Phi) is 10.00. The van der Waals surface area contributed by atoms with E-state index in [2.05, 4.69) is 16.9 Å². The predicted molar refractivity (Wildman–Crippen MR) is 169 cm³/mol. The lowest BCUT2D eigenvalue weighted by Crippen LogP contribution is -2.52. The maximum Gasteiger partial charge on any atom is 0.266 e. The highest BCUT2D eigenvalue weighted by atomic mass is 16.5. The number of carbonyl (C=O) groups excluding carboxylic acids is 1. The lowest BCUT2D eigenvalue weighted by molar-refractivity contribution is -0.129. The van der Waals surface area contributed by atoms with Crippen molar-refractivity contribution in [1.29, 1.82) is 0 Å². The highest BCUT2D eigenvalue weighted by Crippen LogP contribution is 2.42. The van der Waals surface area contributed by atoms with Crippen LogP contribution in [0.4, 0.5) is 0 Å². The van der Waals surface area contributed by atoms with Crippen molar-refractivity contribution in [2.75, 3.05) is 13.2 Å². The SMILES string of the molecule is Cc1cccc(CNNC(=O)[C@@]2(C/C=C/c3ccccc3)N=C(c3ccc(OCCCO)cc3)O[C@H]2c2ccccc2)c1. The molecule has 0 fully saturated rings. The fourth-order valence-electron chi connectivity index (χ4n) is 5.04. The first-order chi connectivity index (χ1) is 21.1. The first-order valence-corrected chi connectivity index (χ1v) is 14.5. The highest BCUT2D eigenvalue weighted by Gasteiger charge is 2.52. The number of ether oxygens (including phenoxy) is 2. The lowest BCUT2D eigenvalue weighted by Gasteiger charge is -2.29. The van der Waals surface area contributed by atoms with E-state index in [-0.39, 0.29) is 12.5 Å². The molecule has 1 aliphatic rings. The summed E-state index contributed by atoms with van der Waals surface area (Å²) in [5.41, 5.74) is 9.62. The smallest absolute Gasteiger partial charge is 0.266 e. The molecule has 0 saturated heterocycles. The van der Waals surface area contributed by atoms with E-state index in [0.717, 1.165) is 27.8 Å². The molecule has 4 aromatic carbocycles. The average Bonchev–Trinajstić information content (AvgIpc) is 3.43. The quantitative estimate of drug-likeness (QED) is 0.136. The Bertz CT molecular complexity index is 1540. The monoisotopic (exact) mass is 575 g/mol. The van der Waals surface area contributed by atoms with Gasteiger partial charge >= 0.3 is 0 Å². The van der Waals surface area contributed by atoms with Gasteiger partial charge in [-0.15, -0.1) is 0 Å². The minimum Gasteiger partial charge on any atom is -0.494 e. The molecule has 1 heterocycles. The van der Waals surface area contributed by atoms with Crippen molar-refractivity contribution in [1.82, 2.24) is 10.9 Å². The molecule has 7 nitrogen and oxygen atoms in total. The third kappa shape index (κ3) is 7.57. The molecule has 1 amide bonds. The van der Waals surface area contributed by atoms with Crippen LogP contribution >= 0.6 is 0 Å². The number of nitrogens with zero attached hydrogens (tertiary/aromatic N) is 1. The topological polar surface area (TPSA) is 92.2 Å². The first-order valence-electron chi connectivity index (χ1n) is 14.5. The Hall–Kier alpha value is -4.72. The van der Waals surface area contributed by atoms with Gasteiger partial charge < -0.3 is 14.6 Å². The highest BCUT2D eigenvalue weighted by molar-refractivity contribution is 6.01. The number of aliphatic imine (C=N–C) groups is 1. The molecule has 43 heavy (non-hydrogen) atoms. The molecule has 0 unspecified atom stereocenters. The zero-order valence-corrected chi connectivity index (χ0v) is 24.3. The van der Waals surface area contributed by atoms with Crippen molar-refractivity contribution >= 4 is 17.9 Å². The number of carbonyl (C=O) groups is 1. The van der Waals surface area contributed by atoms with Crippen LogP contribution in [0.3, 0.4) is 0 Å². The Morgan fingerprint density at radius 2 is 1.72 bits per heavy atom. The van der Waals surface area contributed by atoms with Crippen LogP contribution in [-0.2, 0) is 16.1 Å². The average molecular weight is 576 g/mol. The number of aryl methyl sites for hydroxylation is 1. The van der Waals surface area contributed by atoms with Gasteiger partial charge in [0, 0.05) is 31.6 Å². The number of hydrogen-bond donors (Lipinski definition) is 3. The number of nitrogens with one attached hydrogen (secondary N) is 2. The van der Waals surface area contributed by atoms with E-state index in [1.54, 1.807) is 0 Å². The molecule has 5 rings (SSSR count). The molecule has 0 bridgehead atoms. The molecule has 0 saturated carbocycles. The number of amides is 1. The van der Waals surface area contributed by atoms with Crippen molar-refractivity contribution in [3.63, 3.8) is 0 Å². The second-order valence-corrected chi connectivity index (χ2v) is 10.5. The van der Waals surface area contributed by atoms with Crippen LogP contribution < -0.4 is 15.6 Å². The van der Waals surface area contributed by atoms with Gasteiger partial charge in [-0.1, -0.05) is 103 Å². The third-order valence-corrected chi connectivity index (χ3v) is 7.25. The van der Waals surface area contributed by atoms with Gasteiger partial charge in [-0.2, -0.15) is 0 Å². The van der Waals surface area contributed by atoms with Crippen LogP contribution in [0.25, 0.3) is 6.08 Å². The van der Waals surface area contributed by atoms with Gasteiger partial charge in [0.15, 0.2) is 11.6 Å². The van der Waals surface area contributed by atoms with Gasteiger partial charge in [0.2, 0.25) is 5.90 Å². The van der Waals surface area contributed by atoms with Crippen molar-refractivity contribution in [3.05, 3.63) is 143 Å². The Morgan fingerprint density at radius 1 is 0.977 bits per heavy atom. The summed E-state index contributed by atoms with van der Waals surface area (Å²) < 4.78 is 12.2. The van der Waals surface area contributed by atoms with Gasteiger partial charge in [0.1, 0.15) is 5.75 Å². The fourth-order valence-corrected chi connectivity index (χ4v) is 5.04. The van der Waals surface area contributed by atoms with Crippen LogP contribution in [0, 0.1) is 6.92 Å². The molecule has 2 atom stereocenters. The van der Waals surface area contributed by atoms with Crippen molar-refractivity contribution in [3.8, 4) is 5.75 Å². The van der Waals surface area contributed by atoms with Gasteiger partial charge in [-0.3, -0.25) is 10.2 Å². The zero-order chi connectivity index (χ0) is 29.9. The molecular weight excluding hydrogens is 538 g/mol. The molecule has 0 radical (unpaired) electrons. The van der Waals surface area contributed by atoms with Crippen LogP contribution in [-0.4, -0.2) is 35.7 Å². The Morgan fingerprint density at radius 3 is 2.44 bits per heavy atom. The van der Waals surface area contributed by atoms with E-state index >= 15 is 0 Å². The fraction of sp³-hybridized carbons (Fsp3) is 0.222. The minimum absolute atomic E-state index is 0.0757. The molecule has 0 aromatic heterocycles. The predicted octanol–water partition coefficient (Wildman–Crippen LogP) is 5.94. The van der Waals surface area contributed by atoms with Crippen LogP contribution in [0.15, 0.2) is 120 Å². The summed E-state index contributed by atoms with van der Waals surface area (Å²) in [4.78, 5) is 19.2. The second kappa shape index (κ2) is 14.4. The van der Waals surface area contributed by atoms with E-state index in [9.17, 15) is 4.79 Å². The van der Waals surface area contributed by atoms with Crippen LogP contribution in [0.2, 0.25) is 0 Å². The molecule has 4 aromatic rings. The van der Waals surface area contributed by atoms with Crippen molar-refractivity contribution in [2.45, 2.75) is 38.0 Å². The van der Waals surface area contributed by atoms with Crippen molar-refractivity contribution < 1.29 is 19.4 Å². The number of benzene rings is 4. The maximum atomic E-state index is 14.2. The lowest BCUT2D eigenvalue weighted by atomic mass is 9.84. The largest absolute Gasteiger partial charge is 0.494 e. The summed E-state index contributed by atoms with van der Waals surface area (Å²) in [6, 6.07) is 35.3. The molecule has 1 aliphatic heterocycles. The van der Waals surface area contributed by atoms with E-state index in [1.807, 2.05) is 122 Å². The molecule has 0 spiro atoms. The number of hydrazine groups is 1. The van der Waals surface area contributed by atoms with Gasteiger partial charge in [0.05, 0.1) is 6.61 Å². The molecular formula is C36H37N3O4.